The lowest BCUT2D eigenvalue weighted by Gasteiger charge is -2.16. The summed E-state index contributed by atoms with van der Waals surface area (Å²) in [5.74, 6) is 0.884. The second-order valence-electron chi connectivity index (χ2n) is 4.59. The maximum Gasteiger partial charge on any atom is 0.124 e. The van der Waals surface area contributed by atoms with Crippen LogP contribution in [-0.2, 0) is 0 Å². The average Bonchev–Trinajstić information content (AvgIpc) is 2.41. The topological polar surface area (TPSA) is 9.23 Å². The molecule has 2 aromatic carbocycles. The molecule has 0 saturated carbocycles. The van der Waals surface area contributed by atoms with Crippen molar-refractivity contribution >= 4 is 31.9 Å². The summed E-state index contributed by atoms with van der Waals surface area (Å²) in [5.41, 5.74) is 4.99. The third-order valence-corrected chi connectivity index (χ3v) is 4.81. The van der Waals surface area contributed by atoms with E-state index >= 15 is 0 Å². The predicted molar refractivity (Wildman–Crippen MR) is 87.4 cm³/mol. The molecule has 2 aromatic rings. The van der Waals surface area contributed by atoms with Gasteiger partial charge in [-0.15, -0.1) is 0 Å². The Morgan fingerprint density at radius 2 is 1.74 bits per heavy atom. The van der Waals surface area contributed by atoms with Crippen molar-refractivity contribution in [1.82, 2.24) is 0 Å². The number of aryl methyl sites for hydroxylation is 2. The Morgan fingerprint density at radius 1 is 1.00 bits per heavy atom. The highest BCUT2D eigenvalue weighted by Crippen LogP contribution is 2.38. The molecule has 19 heavy (non-hydrogen) atoms. The van der Waals surface area contributed by atoms with Crippen molar-refractivity contribution in [3.8, 4) is 5.75 Å². The van der Waals surface area contributed by atoms with Crippen molar-refractivity contribution in [2.45, 2.75) is 18.7 Å². The van der Waals surface area contributed by atoms with Crippen LogP contribution in [0.4, 0.5) is 0 Å². The molecular formula is C16H16Br2O. The molecule has 0 aliphatic carbocycles. The number of benzene rings is 2. The van der Waals surface area contributed by atoms with E-state index in [9.17, 15) is 0 Å². The molecule has 0 radical (unpaired) electrons. The van der Waals surface area contributed by atoms with E-state index < -0.39 is 0 Å². The van der Waals surface area contributed by atoms with Crippen LogP contribution in [0.25, 0.3) is 0 Å². The lowest BCUT2D eigenvalue weighted by molar-refractivity contribution is 0.410. The van der Waals surface area contributed by atoms with E-state index in [0.717, 1.165) is 15.8 Å². The molecule has 1 nitrogen and oxygen atoms in total. The molecule has 0 heterocycles. The van der Waals surface area contributed by atoms with Crippen LogP contribution in [0, 0.1) is 13.8 Å². The number of methoxy groups -OCH3 is 1. The van der Waals surface area contributed by atoms with Gasteiger partial charge in [-0.1, -0.05) is 56.1 Å². The molecule has 2 rings (SSSR count). The van der Waals surface area contributed by atoms with Gasteiger partial charge in [0, 0.05) is 10.0 Å². The van der Waals surface area contributed by atoms with Gasteiger partial charge in [0.2, 0.25) is 0 Å². The monoisotopic (exact) mass is 382 g/mol. The Hall–Kier alpha value is -0.800. The zero-order valence-corrected chi connectivity index (χ0v) is 14.4. The van der Waals surface area contributed by atoms with Crippen LogP contribution in [0.1, 0.15) is 27.1 Å². The molecule has 0 amide bonds. The van der Waals surface area contributed by atoms with E-state index in [-0.39, 0.29) is 4.83 Å². The third-order valence-electron chi connectivity index (χ3n) is 3.29. The zero-order valence-electron chi connectivity index (χ0n) is 11.2. The molecule has 3 heteroatoms. The molecule has 100 valence electrons. The number of ether oxygens (including phenoxy) is 1. The lowest BCUT2D eigenvalue weighted by atomic mass is 10.00. The van der Waals surface area contributed by atoms with Crippen LogP contribution in [0.15, 0.2) is 40.9 Å². The summed E-state index contributed by atoms with van der Waals surface area (Å²) in [6, 6.07) is 12.6. The van der Waals surface area contributed by atoms with Gasteiger partial charge in [0.1, 0.15) is 5.75 Å². The lowest BCUT2D eigenvalue weighted by Crippen LogP contribution is -1.98. The molecule has 0 aromatic heterocycles. The quantitative estimate of drug-likeness (QED) is 0.630. The summed E-state index contributed by atoms with van der Waals surface area (Å²) < 4.78 is 6.48. The van der Waals surface area contributed by atoms with Crippen molar-refractivity contribution in [1.29, 1.82) is 0 Å². The third kappa shape index (κ3) is 3.21. The first-order valence-electron chi connectivity index (χ1n) is 6.07. The van der Waals surface area contributed by atoms with Crippen LogP contribution in [0.2, 0.25) is 0 Å². The van der Waals surface area contributed by atoms with Crippen molar-refractivity contribution in [2.24, 2.45) is 0 Å². The minimum absolute atomic E-state index is 0.134. The fourth-order valence-corrected chi connectivity index (χ4v) is 3.00. The van der Waals surface area contributed by atoms with Crippen molar-refractivity contribution in [3.63, 3.8) is 0 Å². The fourth-order valence-electron chi connectivity index (χ4n) is 2.00. The Bertz CT molecular complexity index is 593. The molecule has 0 N–H and O–H groups in total. The molecule has 1 unspecified atom stereocenters. The first-order valence-corrected chi connectivity index (χ1v) is 7.78. The Morgan fingerprint density at radius 3 is 2.37 bits per heavy atom. The second kappa shape index (κ2) is 6.10. The molecule has 0 bridgehead atoms. The number of halogens is 2. The van der Waals surface area contributed by atoms with Gasteiger partial charge >= 0.3 is 0 Å². The summed E-state index contributed by atoms with van der Waals surface area (Å²) in [4.78, 5) is 0.134. The summed E-state index contributed by atoms with van der Waals surface area (Å²) >= 11 is 7.24. The van der Waals surface area contributed by atoms with Crippen molar-refractivity contribution in [3.05, 3.63) is 63.1 Å². The number of alkyl halides is 1. The van der Waals surface area contributed by atoms with Crippen LogP contribution < -0.4 is 4.74 Å². The van der Waals surface area contributed by atoms with Gasteiger partial charge in [0.15, 0.2) is 0 Å². The van der Waals surface area contributed by atoms with E-state index in [1.807, 2.05) is 12.1 Å². The van der Waals surface area contributed by atoms with Crippen molar-refractivity contribution < 1.29 is 4.74 Å². The predicted octanol–water partition coefficient (Wildman–Crippen LogP) is 5.56. The number of hydrogen-bond acceptors (Lipinski definition) is 1. The highest BCUT2D eigenvalue weighted by molar-refractivity contribution is 9.10. The standard InChI is InChI=1S/C16H16Br2O/c1-10-4-5-12(8-11(10)2)16(18)14-7-6-13(17)9-15(14)19-3/h4-9,16H,1-3H3. The summed E-state index contributed by atoms with van der Waals surface area (Å²) in [6.45, 7) is 4.26. The Kier molecular flexibility index (Phi) is 4.69. The van der Waals surface area contributed by atoms with Gasteiger partial charge in [-0.3, -0.25) is 0 Å². The zero-order chi connectivity index (χ0) is 14.0. The van der Waals surface area contributed by atoms with Gasteiger partial charge < -0.3 is 4.74 Å². The van der Waals surface area contributed by atoms with Crippen LogP contribution >= 0.6 is 31.9 Å². The van der Waals surface area contributed by atoms with E-state index in [2.05, 4.69) is 70.0 Å². The van der Waals surface area contributed by atoms with Gasteiger partial charge in [-0.2, -0.15) is 0 Å². The number of hydrogen-bond donors (Lipinski definition) is 0. The molecule has 0 spiro atoms. The van der Waals surface area contributed by atoms with E-state index in [1.165, 1.54) is 16.7 Å². The van der Waals surface area contributed by atoms with Gasteiger partial charge in [-0.05, 0) is 42.7 Å². The highest BCUT2D eigenvalue weighted by atomic mass is 79.9. The average molecular weight is 384 g/mol. The largest absolute Gasteiger partial charge is 0.496 e. The molecular weight excluding hydrogens is 368 g/mol. The van der Waals surface area contributed by atoms with Gasteiger partial charge in [0.05, 0.1) is 11.9 Å². The van der Waals surface area contributed by atoms with E-state index in [4.69, 9.17) is 4.74 Å². The highest BCUT2D eigenvalue weighted by Gasteiger charge is 2.15. The Balaban J connectivity index is 2.43. The maximum atomic E-state index is 5.46. The molecule has 0 aliphatic rings. The van der Waals surface area contributed by atoms with E-state index in [0.29, 0.717) is 0 Å². The van der Waals surface area contributed by atoms with Crippen LogP contribution in [0.3, 0.4) is 0 Å². The van der Waals surface area contributed by atoms with Gasteiger partial charge in [0.25, 0.3) is 0 Å². The normalized spacial score (nSPS) is 12.3. The van der Waals surface area contributed by atoms with Crippen LogP contribution in [-0.4, -0.2) is 7.11 Å². The first-order chi connectivity index (χ1) is 9.02. The molecule has 1 atom stereocenters. The smallest absolute Gasteiger partial charge is 0.124 e. The summed E-state index contributed by atoms with van der Waals surface area (Å²) in [5, 5.41) is 0. The first kappa shape index (κ1) is 14.6. The fraction of sp³-hybridized carbons (Fsp3) is 0.250. The number of rotatable bonds is 3. The van der Waals surface area contributed by atoms with Crippen molar-refractivity contribution in [2.75, 3.05) is 7.11 Å². The van der Waals surface area contributed by atoms with Gasteiger partial charge in [-0.25, -0.2) is 0 Å². The molecule has 0 aliphatic heterocycles. The maximum absolute atomic E-state index is 5.46. The molecule has 0 saturated heterocycles. The SMILES string of the molecule is COc1cc(Br)ccc1C(Br)c1ccc(C)c(C)c1. The van der Waals surface area contributed by atoms with E-state index in [1.54, 1.807) is 7.11 Å². The minimum Gasteiger partial charge on any atom is -0.496 e. The summed E-state index contributed by atoms with van der Waals surface area (Å²) in [6.07, 6.45) is 0. The van der Waals surface area contributed by atoms with Crippen LogP contribution in [0.5, 0.6) is 5.75 Å². The second-order valence-corrected chi connectivity index (χ2v) is 6.42. The minimum atomic E-state index is 0.134. The Labute approximate surface area is 131 Å². The summed E-state index contributed by atoms with van der Waals surface area (Å²) in [7, 11) is 1.70. The molecule has 0 fully saturated rings.